The maximum absolute atomic E-state index is 6.24. The fourth-order valence-corrected chi connectivity index (χ4v) is 2.42. The van der Waals surface area contributed by atoms with E-state index >= 15 is 0 Å². The number of anilines is 1. The first kappa shape index (κ1) is 12.0. The van der Waals surface area contributed by atoms with E-state index in [0.717, 1.165) is 22.3 Å². The molecule has 0 aliphatic heterocycles. The second-order valence-electron chi connectivity index (χ2n) is 4.43. The molecule has 0 spiro atoms. The molecule has 5 heteroatoms. The highest BCUT2D eigenvalue weighted by molar-refractivity contribution is 6.35. The van der Waals surface area contributed by atoms with Crippen LogP contribution in [0, 0.1) is 6.92 Å². The van der Waals surface area contributed by atoms with Gasteiger partial charge in [-0.3, -0.25) is 4.98 Å². The van der Waals surface area contributed by atoms with E-state index in [9.17, 15) is 0 Å². The van der Waals surface area contributed by atoms with Crippen molar-refractivity contribution in [3.05, 3.63) is 52.8 Å². The van der Waals surface area contributed by atoms with E-state index in [1.807, 2.05) is 41.8 Å². The minimum atomic E-state index is 0.452. The number of rotatable bonds is 2. The van der Waals surface area contributed by atoms with Gasteiger partial charge in [0.15, 0.2) is 0 Å². The SMILES string of the molecule is Cc1cccnc1Cn1c(N)nc2cccc(Cl)c21. The zero-order chi connectivity index (χ0) is 13.4. The van der Waals surface area contributed by atoms with Crippen LogP contribution in [-0.4, -0.2) is 14.5 Å². The number of benzene rings is 1. The van der Waals surface area contributed by atoms with E-state index in [1.165, 1.54) is 0 Å². The highest BCUT2D eigenvalue weighted by Gasteiger charge is 2.12. The lowest BCUT2D eigenvalue weighted by molar-refractivity contribution is 0.802. The van der Waals surface area contributed by atoms with E-state index in [2.05, 4.69) is 9.97 Å². The van der Waals surface area contributed by atoms with Crippen molar-refractivity contribution in [1.29, 1.82) is 0 Å². The van der Waals surface area contributed by atoms with Gasteiger partial charge in [0.05, 0.1) is 28.3 Å². The summed E-state index contributed by atoms with van der Waals surface area (Å²) >= 11 is 6.24. The predicted molar refractivity (Wildman–Crippen MR) is 77.2 cm³/mol. The lowest BCUT2D eigenvalue weighted by atomic mass is 10.2. The molecule has 0 saturated heterocycles. The van der Waals surface area contributed by atoms with Gasteiger partial charge in [-0.1, -0.05) is 23.7 Å². The van der Waals surface area contributed by atoms with Crippen LogP contribution in [0.5, 0.6) is 0 Å². The van der Waals surface area contributed by atoms with Gasteiger partial charge in [-0.15, -0.1) is 0 Å². The molecule has 1 aromatic carbocycles. The molecule has 0 aliphatic carbocycles. The van der Waals surface area contributed by atoms with Crippen molar-refractivity contribution in [2.24, 2.45) is 0 Å². The summed E-state index contributed by atoms with van der Waals surface area (Å²) in [5, 5.41) is 0.648. The summed E-state index contributed by atoms with van der Waals surface area (Å²) in [5.74, 6) is 0.452. The molecule has 0 bridgehead atoms. The van der Waals surface area contributed by atoms with Crippen LogP contribution in [0.4, 0.5) is 5.95 Å². The summed E-state index contributed by atoms with van der Waals surface area (Å²) in [6, 6.07) is 9.56. The summed E-state index contributed by atoms with van der Waals surface area (Å²) in [6.45, 7) is 2.60. The Labute approximate surface area is 115 Å². The Balaban J connectivity index is 2.16. The van der Waals surface area contributed by atoms with E-state index < -0.39 is 0 Å². The van der Waals surface area contributed by atoms with Crippen LogP contribution in [-0.2, 0) is 6.54 Å². The van der Waals surface area contributed by atoms with Gasteiger partial charge >= 0.3 is 0 Å². The molecular weight excluding hydrogens is 260 g/mol. The van der Waals surface area contributed by atoms with Crippen molar-refractivity contribution in [3.8, 4) is 0 Å². The quantitative estimate of drug-likeness (QED) is 0.780. The van der Waals surface area contributed by atoms with Crippen molar-refractivity contribution in [1.82, 2.24) is 14.5 Å². The van der Waals surface area contributed by atoms with Crippen molar-refractivity contribution in [3.63, 3.8) is 0 Å². The van der Waals surface area contributed by atoms with E-state index in [1.54, 1.807) is 6.20 Å². The van der Waals surface area contributed by atoms with Crippen molar-refractivity contribution in [2.45, 2.75) is 13.5 Å². The predicted octanol–water partition coefficient (Wildman–Crippen LogP) is 3.02. The largest absolute Gasteiger partial charge is 0.369 e. The maximum Gasteiger partial charge on any atom is 0.201 e. The third kappa shape index (κ3) is 2.04. The number of halogens is 1. The zero-order valence-electron chi connectivity index (χ0n) is 10.5. The Hall–Kier alpha value is -2.07. The summed E-state index contributed by atoms with van der Waals surface area (Å²) < 4.78 is 1.90. The fourth-order valence-electron chi connectivity index (χ4n) is 2.15. The van der Waals surface area contributed by atoms with E-state index in [-0.39, 0.29) is 0 Å². The molecule has 0 unspecified atom stereocenters. The van der Waals surface area contributed by atoms with Crippen LogP contribution >= 0.6 is 11.6 Å². The highest BCUT2D eigenvalue weighted by Crippen LogP contribution is 2.26. The standard InChI is InChI=1S/C14H13ClN4/c1-9-4-3-7-17-12(9)8-19-13-10(15)5-2-6-11(13)18-14(19)16/h2-7H,8H2,1H3,(H2,16,18). The Kier molecular flexibility index (Phi) is 2.87. The number of para-hydroxylation sites is 1. The molecule has 2 N–H and O–H groups in total. The topological polar surface area (TPSA) is 56.7 Å². The maximum atomic E-state index is 6.24. The number of pyridine rings is 1. The number of aryl methyl sites for hydroxylation is 1. The molecule has 3 rings (SSSR count). The number of nitrogen functional groups attached to an aromatic ring is 1. The Morgan fingerprint density at radius 2 is 2.11 bits per heavy atom. The zero-order valence-corrected chi connectivity index (χ0v) is 11.2. The second-order valence-corrected chi connectivity index (χ2v) is 4.84. The van der Waals surface area contributed by atoms with Gasteiger partial charge in [0, 0.05) is 6.20 Å². The monoisotopic (exact) mass is 272 g/mol. The average molecular weight is 273 g/mol. The first-order chi connectivity index (χ1) is 9.16. The number of nitrogens with two attached hydrogens (primary N) is 1. The van der Waals surface area contributed by atoms with Gasteiger partial charge in [-0.05, 0) is 30.7 Å². The molecule has 2 heterocycles. The Bertz CT molecular complexity index is 748. The van der Waals surface area contributed by atoms with Gasteiger partial charge in [0.2, 0.25) is 5.95 Å². The van der Waals surface area contributed by atoms with Crippen LogP contribution < -0.4 is 5.73 Å². The Morgan fingerprint density at radius 3 is 2.89 bits per heavy atom. The molecule has 96 valence electrons. The molecule has 0 aliphatic rings. The van der Waals surface area contributed by atoms with Crippen LogP contribution in [0.25, 0.3) is 11.0 Å². The number of imidazole rings is 1. The van der Waals surface area contributed by atoms with Crippen LogP contribution in [0.2, 0.25) is 5.02 Å². The van der Waals surface area contributed by atoms with Gasteiger partial charge in [0.1, 0.15) is 0 Å². The van der Waals surface area contributed by atoms with E-state index in [4.69, 9.17) is 17.3 Å². The van der Waals surface area contributed by atoms with Crippen molar-refractivity contribution >= 4 is 28.6 Å². The smallest absolute Gasteiger partial charge is 0.201 e. The summed E-state index contributed by atoms with van der Waals surface area (Å²) in [7, 11) is 0. The van der Waals surface area contributed by atoms with Crippen LogP contribution in [0.3, 0.4) is 0 Å². The number of hydrogen-bond donors (Lipinski definition) is 1. The number of nitrogens with zero attached hydrogens (tertiary/aromatic N) is 3. The minimum Gasteiger partial charge on any atom is -0.369 e. The first-order valence-corrected chi connectivity index (χ1v) is 6.35. The molecule has 0 amide bonds. The third-order valence-corrected chi connectivity index (χ3v) is 3.48. The first-order valence-electron chi connectivity index (χ1n) is 5.97. The lowest BCUT2D eigenvalue weighted by Gasteiger charge is -2.09. The van der Waals surface area contributed by atoms with Crippen molar-refractivity contribution in [2.75, 3.05) is 5.73 Å². The highest BCUT2D eigenvalue weighted by atomic mass is 35.5. The van der Waals surface area contributed by atoms with Gasteiger partial charge < -0.3 is 10.3 Å². The number of aromatic nitrogens is 3. The van der Waals surface area contributed by atoms with Gasteiger partial charge in [0.25, 0.3) is 0 Å². The Morgan fingerprint density at radius 1 is 1.26 bits per heavy atom. The number of fused-ring (bicyclic) bond motifs is 1. The second kappa shape index (κ2) is 4.55. The summed E-state index contributed by atoms with van der Waals surface area (Å²) in [6.07, 6.45) is 1.78. The molecule has 0 fully saturated rings. The molecule has 3 aromatic rings. The van der Waals surface area contributed by atoms with Crippen molar-refractivity contribution < 1.29 is 0 Å². The molecule has 2 aromatic heterocycles. The van der Waals surface area contributed by atoms with Gasteiger partial charge in [-0.2, -0.15) is 0 Å². The molecule has 19 heavy (non-hydrogen) atoms. The summed E-state index contributed by atoms with van der Waals surface area (Å²) in [5.41, 5.74) is 9.73. The third-order valence-electron chi connectivity index (χ3n) is 3.17. The minimum absolute atomic E-state index is 0.452. The normalized spacial score (nSPS) is 11.1. The number of hydrogen-bond acceptors (Lipinski definition) is 3. The molecule has 0 atom stereocenters. The van der Waals surface area contributed by atoms with E-state index in [0.29, 0.717) is 17.5 Å². The van der Waals surface area contributed by atoms with Gasteiger partial charge in [-0.25, -0.2) is 4.98 Å². The fraction of sp³-hybridized carbons (Fsp3) is 0.143. The molecule has 0 saturated carbocycles. The average Bonchev–Trinajstić information content (AvgIpc) is 2.70. The van der Waals surface area contributed by atoms with Crippen LogP contribution in [0.15, 0.2) is 36.5 Å². The lowest BCUT2D eigenvalue weighted by Crippen LogP contribution is -2.07. The molecule has 4 nitrogen and oxygen atoms in total. The molecule has 0 radical (unpaired) electrons. The molecular formula is C14H13ClN4. The van der Waals surface area contributed by atoms with Crippen LogP contribution in [0.1, 0.15) is 11.3 Å². The summed E-state index contributed by atoms with van der Waals surface area (Å²) in [4.78, 5) is 8.71.